The average molecular weight is 435 g/mol. The van der Waals surface area contributed by atoms with Crippen molar-refractivity contribution in [1.29, 1.82) is 0 Å². The molecule has 0 aliphatic carbocycles. The van der Waals surface area contributed by atoms with Gasteiger partial charge in [-0.3, -0.25) is 4.79 Å². The molecule has 1 heterocycles. The Kier molecular flexibility index (Phi) is 5.67. The second-order valence-corrected chi connectivity index (χ2v) is 8.74. The molecule has 2 aromatic carbocycles. The van der Waals surface area contributed by atoms with Crippen LogP contribution in [0.3, 0.4) is 0 Å². The van der Waals surface area contributed by atoms with E-state index >= 15 is 0 Å². The van der Waals surface area contributed by atoms with Crippen LogP contribution in [-0.2, 0) is 11.0 Å². The first-order valence-electron chi connectivity index (χ1n) is 7.39. The molecule has 0 radical (unpaired) electrons. The maximum absolute atomic E-state index is 12.5. The molecule has 1 unspecified atom stereocenters. The quantitative estimate of drug-likeness (QED) is 0.584. The van der Waals surface area contributed by atoms with Crippen molar-refractivity contribution in [2.75, 3.05) is 16.3 Å². The molecule has 1 atom stereocenters. The molecule has 25 heavy (non-hydrogen) atoms. The third-order valence-electron chi connectivity index (χ3n) is 3.38. The first kappa shape index (κ1) is 17.8. The van der Waals surface area contributed by atoms with Crippen molar-refractivity contribution < 1.29 is 9.00 Å². The van der Waals surface area contributed by atoms with Gasteiger partial charge in [-0.25, -0.2) is 4.21 Å². The Morgan fingerprint density at radius 1 is 1.04 bits per heavy atom. The van der Waals surface area contributed by atoms with Gasteiger partial charge in [0.1, 0.15) is 11.0 Å². The standard InChI is InChI=1S/C18H15BrN2O2S2/c1-25(23)21-14-9-5-8-13(10-14)20-18(22)16-11-15(17(19)24-16)12-6-3-2-4-7-12/h2-11,21H,1H3,(H,20,22). The molecule has 1 amide bonds. The van der Waals surface area contributed by atoms with Crippen molar-refractivity contribution in [3.8, 4) is 11.1 Å². The molecular formula is C18H15BrN2O2S2. The minimum Gasteiger partial charge on any atom is -0.321 e. The molecule has 2 N–H and O–H groups in total. The number of benzene rings is 2. The Morgan fingerprint density at radius 3 is 2.48 bits per heavy atom. The van der Waals surface area contributed by atoms with Gasteiger partial charge in [-0.2, -0.15) is 0 Å². The molecule has 4 nitrogen and oxygen atoms in total. The summed E-state index contributed by atoms with van der Waals surface area (Å²) in [5.41, 5.74) is 3.39. The summed E-state index contributed by atoms with van der Waals surface area (Å²) in [5.74, 6) is -0.178. The summed E-state index contributed by atoms with van der Waals surface area (Å²) in [7, 11) is -1.16. The van der Waals surface area contributed by atoms with Crippen LogP contribution in [0.25, 0.3) is 11.1 Å². The lowest BCUT2D eigenvalue weighted by molar-refractivity contribution is 0.103. The number of nitrogens with one attached hydrogen (secondary N) is 2. The minimum absolute atomic E-state index is 0.178. The summed E-state index contributed by atoms with van der Waals surface area (Å²) in [4.78, 5) is 13.2. The summed E-state index contributed by atoms with van der Waals surface area (Å²) in [5, 5.41) is 2.88. The first-order valence-corrected chi connectivity index (χ1v) is 10.6. The van der Waals surface area contributed by atoms with Crippen LogP contribution >= 0.6 is 27.3 Å². The van der Waals surface area contributed by atoms with E-state index in [1.165, 1.54) is 11.3 Å². The van der Waals surface area contributed by atoms with Gasteiger partial charge < -0.3 is 10.0 Å². The summed E-state index contributed by atoms with van der Waals surface area (Å²) in [6.07, 6.45) is 1.56. The van der Waals surface area contributed by atoms with E-state index in [0.29, 0.717) is 16.3 Å². The zero-order valence-electron chi connectivity index (χ0n) is 13.3. The maximum atomic E-state index is 12.5. The zero-order chi connectivity index (χ0) is 17.8. The normalized spacial score (nSPS) is 11.8. The molecule has 0 spiro atoms. The summed E-state index contributed by atoms with van der Waals surface area (Å²) in [6.45, 7) is 0. The van der Waals surface area contributed by atoms with E-state index in [-0.39, 0.29) is 5.91 Å². The highest BCUT2D eigenvalue weighted by atomic mass is 79.9. The van der Waals surface area contributed by atoms with Crippen LogP contribution in [0.15, 0.2) is 64.5 Å². The van der Waals surface area contributed by atoms with Gasteiger partial charge in [-0.05, 0) is 45.8 Å². The molecule has 7 heteroatoms. The van der Waals surface area contributed by atoms with Crippen LogP contribution in [0.1, 0.15) is 9.67 Å². The molecule has 0 aliphatic rings. The van der Waals surface area contributed by atoms with Gasteiger partial charge in [0.05, 0.1) is 8.66 Å². The SMILES string of the molecule is CS(=O)Nc1cccc(NC(=O)c2cc(-c3ccccc3)c(Br)s2)c1. The van der Waals surface area contributed by atoms with Gasteiger partial charge in [0.2, 0.25) is 0 Å². The number of amides is 1. The summed E-state index contributed by atoms with van der Waals surface area (Å²) < 4.78 is 15.0. The maximum Gasteiger partial charge on any atom is 0.265 e. The first-order chi connectivity index (χ1) is 12.0. The van der Waals surface area contributed by atoms with Crippen molar-refractivity contribution in [3.63, 3.8) is 0 Å². The number of carbonyl (C=O) groups excluding carboxylic acids is 1. The fourth-order valence-electron chi connectivity index (χ4n) is 2.31. The number of anilines is 2. The molecule has 1 aromatic heterocycles. The topological polar surface area (TPSA) is 58.2 Å². The van der Waals surface area contributed by atoms with E-state index in [1.807, 2.05) is 36.4 Å². The van der Waals surface area contributed by atoms with Crippen molar-refractivity contribution >= 4 is 55.5 Å². The Labute approximate surface area is 161 Å². The highest BCUT2D eigenvalue weighted by Gasteiger charge is 2.15. The number of thiophene rings is 1. The smallest absolute Gasteiger partial charge is 0.265 e. The van der Waals surface area contributed by atoms with Crippen molar-refractivity contribution in [3.05, 3.63) is 69.3 Å². The van der Waals surface area contributed by atoms with Crippen LogP contribution < -0.4 is 10.0 Å². The highest BCUT2D eigenvalue weighted by molar-refractivity contribution is 9.11. The summed E-state index contributed by atoms with van der Waals surface area (Å²) in [6, 6.07) is 18.9. The summed E-state index contributed by atoms with van der Waals surface area (Å²) >= 11 is 4.93. The third-order valence-corrected chi connectivity index (χ3v) is 5.74. The highest BCUT2D eigenvalue weighted by Crippen LogP contribution is 2.36. The zero-order valence-corrected chi connectivity index (χ0v) is 16.5. The molecular weight excluding hydrogens is 420 g/mol. The molecule has 0 saturated heterocycles. The van der Waals surface area contributed by atoms with E-state index < -0.39 is 11.0 Å². The molecule has 0 aliphatic heterocycles. The molecule has 3 aromatic rings. The second-order valence-electron chi connectivity index (χ2n) is 5.26. The van der Waals surface area contributed by atoms with Crippen LogP contribution in [0.4, 0.5) is 11.4 Å². The molecule has 3 rings (SSSR count). The second kappa shape index (κ2) is 7.95. The van der Waals surface area contributed by atoms with Gasteiger partial charge in [0.25, 0.3) is 5.91 Å². The minimum atomic E-state index is -1.16. The van der Waals surface area contributed by atoms with Crippen LogP contribution in [0.2, 0.25) is 0 Å². The van der Waals surface area contributed by atoms with E-state index in [4.69, 9.17) is 0 Å². The fraction of sp³-hybridized carbons (Fsp3) is 0.0556. The Balaban J connectivity index is 1.79. The largest absolute Gasteiger partial charge is 0.321 e. The molecule has 0 fully saturated rings. The van der Waals surface area contributed by atoms with Crippen LogP contribution in [0, 0.1) is 0 Å². The molecule has 128 valence electrons. The molecule has 0 bridgehead atoms. The number of halogens is 1. The lowest BCUT2D eigenvalue weighted by Crippen LogP contribution is -2.10. The van der Waals surface area contributed by atoms with E-state index in [0.717, 1.165) is 14.9 Å². The Hall–Kier alpha value is -1.96. The van der Waals surface area contributed by atoms with Crippen molar-refractivity contribution in [1.82, 2.24) is 0 Å². The lowest BCUT2D eigenvalue weighted by Gasteiger charge is -2.07. The van der Waals surface area contributed by atoms with Gasteiger partial charge in [0, 0.05) is 23.2 Å². The third kappa shape index (κ3) is 4.56. The van der Waals surface area contributed by atoms with Crippen LogP contribution in [0.5, 0.6) is 0 Å². The average Bonchev–Trinajstić information content (AvgIpc) is 2.97. The Morgan fingerprint density at radius 2 is 1.76 bits per heavy atom. The number of hydrogen-bond acceptors (Lipinski definition) is 3. The van der Waals surface area contributed by atoms with Gasteiger partial charge in [0.15, 0.2) is 0 Å². The van der Waals surface area contributed by atoms with Crippen molar-refractivity contribution in [2.45, 2.75) is 0 Å². The van der Waals surface area contributed by atoms with E-state index in [9.17, 15) is 9.00 Å². The Bertz CT molecular complexity index is 926. The van der Waals surface area contributed by atoms with E-state index in [2.05, 4.69) is 26.0 Å². The predicted octanol–water partition coefficient (Wildman–Crippen LogP) is 5.14. The van der Waals surface area contributed by atoms with Crippen molar-refractivity contribution in [2.24, 2.45) is 0 Å². The van der Waals surface area contributed by atoms with Gasteiger partial charge in [-0.1, -0.05) is 36.4 Å². The number of carbonyl (C=O) groups is 1. The van der Waals surface area contributed by atoms with Gasteiger partial charge >= 0.3 is 0 Å². The number of rotatable bonds is 5. The number of hydrogen-bond donors (Lipinski definition) is 2. The predicted molar refractivity (Wildman–Crippen MR) is 110 cm³/mol. The fourth-order valence-corrected chi connectivity index (χ4v) is 4.44. The van der Waals surface area contributed by atoms with E-state index in [1.54, 1.807) is 30.5 Å². The lowest BCUT2D eigenvalue weighted by atomic mass is 10.1. The van der Waals surface area contributed by atoms with Crippen LogP contribution in [-0.4, -0.2) is 16.4 Å². The molecule has 0 saturated carbocycles. The van der Waals surface area contributed by atoms with Gasteiger partial charge in [-0.15, -0.1) is 11.3 Å². The monoisotopic (exact) mass is 434 g/mol.